The van der Waals surface area contributed by atoms with Gasteiger partial charge in [0.2, 0.25) is 0 Å². The van der Waals surface area contributed by atoms with E-state index in [0.29, 0.717) is 30.2 Å². The maximum Gasteiger partial charge on any atom is 0.324 e. The molecule has 0 spiro atoms. The largest absolute Gasteiger partial charge is 0.324 e. The van der Waals surface area contributed by atoms with Crippen LogP contribution >= 0.6 is 11.6 Å². The van der Waals surface area contributed by atoms with Gasteiger partial charge in [-0.05, 0) is 61.4 Å². The molecule has 4 rings (SSSR count). The Morgan fingerprint density at radius 2 is 1.74 bits per heavy atom. The van der Waals surface area contributed by atoms with Crippen molar-refractivity contribution in [3.05, 3.63) is 94.5 Å². The van der Waals surface area contributed by atoms with Crippen LogP contribution in [-0.2, 0) is 6.54 Å². The van der Waals surface area contributed by atoms with Crippen molar-refractivity contribution >= 4 is 34.9 Å². The Kier molecular flexibility index (Phi) is 6.23. The number of aryl methyl sites for hydroxylation is 1. The summed E-state index contributed by atoms with van der Waals surface area (Å²) in [4.78, 5) is 29.4. The van der Waals surface area contributed by atoms with Crippen molar-refractivity contribution < 1.29 is 9.59 Å². The molecule has 6 heteroatoms. The topological polar surface area (TPSA) is 52.7 Å². The highest BCUT2D eigenvalue weighted by Crippen LogP contribution is 2.23. The van der Waals surface area contributed by atoms with E-state index in [1.807, 2.05) is 72.5 Å². The van der Waals surface area contributed by atoms with Gasteiger partial charge in [0.25, 0.3) is 5.91 Å². The molecule has 158 valence electrons. The van der Waals surface area contributed by atoms with E-state index in [2.05, 4.69) is 5.32 Å². The maximum atomic E-state index is 13.1. The summed E-state index contributed by atoms with van der Waals surface area (Å²) in [6.45, 7) is 3.85. The quantitative estimate of drug-likeness (QED) is 0.558. The first kappa shape index (κ1) is 20.9. The highest BCUT2D eigenvalue weighted by Gasteiger charge is 2.27. The number of hydrogen-bond acceptors (Lipinski definition) is 2. The van der Waals surface area contributed by atoms with Crippen LogP contribution in [0.2, 0.25) is 5.02 Å². The number of halogens is 1. The molecule has 3 aromatic rings. The Morgan fingerprint density at radius 1 is 1.00 bits per heavy atom. The molecule has 0 bridgehead atoms. The van der Waals surface area contributed by atoms with Crippen LogP contribution in [0.1, 0.15) is 27.9 Å². The summed E-state index contributed by atoms with van der Waals surface area (Å²) in [5.41, 5.74) is 4.14. The van der Waals surface area contributed by atoms with E-state index in [9.17, 15) is 9.59 Å². The summed E-state index contributed by atoms with van der Waals surface area (Å²) in [6, 6.07) is 22.3. The third-order valence-corrected chi connectivity index (χ3v) is 5.58. The lowest BCUT2D eigenvalue weighted by atomic mass is 10.1. The highest BCUT2D eigenvalue weighted by molar-refractivity contribution is 6.30. The molecule has 3 amide bonds. The third-order valence-electron chi connectivity index (χ3n) is 5.33. The number of carbonyl (C=O) groups is 2. The first-order chi connectivity index (χ1) is 15.0. The second kappa shape index (κ2) is 9.23. The predicted octanol–water partition coefficient (Wildman–Crippen LogP) is 5.73. The maximum absolute atomic E-state index is 13.1. The van der Waals surface area contributed by atoms with E-state index in [0.717, 1.165) is 28.9 Å². The van der Waals surface area contributed by atoms with Gasteiger partial charge in [-0.15, -0.1) is 0 Å². The molecule has 31 heavy (non-hydrogen) atoms. The number of benzene rings is 3. The van der Waals surface area contributed by atoms with Crippen LogP contribution < -0.4 is 10.2 Å². The summed E-state index contributed by atoms with van der Waals surface area (Å²) in [6.07, 6.45) is 0.860. The van der Waals surface area contributed by atoms with Crippen LogP contribution in [0.5, 0.6) is 0 Å². The van der Waals surface area contributed by atoms with Crippen LogP contribution in [0.4, 0.5) is 16.2 Å². The lowest BCUT2D eigenvalue weighted by Gasteiger charge is -2.35. The summed E-state index contributed by atoms with van der Waals surface area (Å²) < 4.78 is 0. The van der Waals surface area contributed by atoms with Crippen molar-refractivity contribution in [2.75, 3.05) is 23.3 Å². The average Bonchev–Trinajstić information content (AvgIpc) is 2.78. The smallest absolute Gasteiger partial charge is 0.322 e. The lowest BCUT2D eigenvalue weighted by Crippen LogP contribution is -2.49. The monoisotopic (exact) mass is 433 g/mol. The number of amides is 3. The first-order valence-electron chi connectivity index (χ1n) is 10.3. The predicted molar refractivity (Wildman–Crippen MR) is 125 cm³/mol. The molecule has 3 aromatic carbocycles. The Labute approximate surface area is 187 Å². The zero-order chi connectivity index (χ0) is 21.8. The molecule has 0 atom stereocenters. The second-order valence-corrected chi connectivity index (χ2v) is 8.14. The number of nitrogens with zero attached hydrogens (tertiary/aromatic N) is 2. The minimum Gasteiger partial charge on any atom is -0.322 e. The Morgan fingerprint density at radius 3 is 2.48 bits per heavy atom. The van der Waals surface area contributed by atoms with Gasteiger partial charge < -0.3 is 10.2 Å². The minimum absolute atomic E-state index is 0.0581. The fraction of sp³-hybridized carbons (Fsp3) is 0.200. The fourth-order valence-corrected chi connectivity index (χ4v) is 3.76. The Hall–Kier alpha value is -3.31. The highest BCUT2D eigenvalue weighted by atomic mass is 35.5. The summed E-state index contributed by atoms with van der Waals surface area (Å²) >= 11 is 5.96. The molecule has 5 nitrogen and oxygen atoms in total. The summed E-state index contributed by atoms with van der Waals surface area (Å²) in [5.74, 6) is -0.201. The lowest BCUT2D eigenvalue weighted by molar-refractivity contribution is 0.102. The van der Waals surface area contributed by atoms with E-state index >= 15 is 0 Å². The standard InChI is InChI=1S/C25H24ClN3O2/c1-18-6-12-22(13-7-18)27-24(30)20-4-2-5-23(16-20)29-15-3-14-28(25(29)31)17-19-8-10-21(26)11-9-19/h2,4-13,16H,3,14-15,17H2,1H3,(H,27,30). The van der Waals surface area contributed by atoms with Gasteiger partial charge in [0, 0.05) is 41.6 Å². The van der Waals surface area contributed by atoms with Crippen molar-refractivity contribution in [1.29, 1.82) is 0 Å². The van der Waals surface area contributed by atoms with Gasteiger partial charge in [0.15, 0.2) is 0 Å². The van der Waals surface area contributed by atoms with Gasteiger partial charge >= 0.3 is 6.03 Å². The van der Waals surface area contributed by atoms with Crippen molar-refractivity contribution in [2.45, 2.75) is 19.9 Å². The van der Waals surface area contributed by atoms with E-state index in [1.54, 1.807) is 17.0 Å². The summed E-state index contributed by atoms with van der Waals surface area (Å²) in [5, 5.41) is 3.59. The molecule has 0 saturated carbocycles. The van der Waals surface area contributed by atoms with Crippen molar-refractivity contribution in [2.24, 2.45) is 0 Å². The Balaban J connectivity index is 1.48. The van der Waals surface area contributed by atoms with Gasteiger partial charge in [-0.2, -0.15) is 0 Å². The van der Waals surface area contributed by atoms with Crippen LogP contribution in [-0.4, -0.2) is 29.9 Å². The molecule has 0 radical (unpaired) electrons. The van der Waals surface area contributed by atoms with Crippen LogP contribution in [0.3, 0.4) is 0 Å². The molecule has 1 fully saturated rings. The summed E-state index contributed by atoms with van der Waals surface area (Å²) in [7, 11) is 0. The second-order valence-electron chi connectivity index (χ2n) is 7.71. The van der Waals surface area contributed by atoms with Gasteiger partial charge in [0.05, 0.1) is 0 Å². The molecule has 0 aliphatic carbocycles. The van der Waals surface area contributed by atoms with Crippen molar-refractivity contribution in [3.8, 4) is 0 Å². The molecule has 1 saturated heterocycles. The molecule has 1 aliphatic rings. The molecular weight excluding hydrogens is 410 g/mol. The first-order valence-corrected chi connectivity index (χ1v) is 10.7. The molecule has 0 aromatic heterocycles. The number of hydrogen-bond donors (Lipinski definition) is 1. The number of nitrogens with one attached hydrogen (secondary N) is 1. The van der Waals surface area contributed by atoms with Crippen LogP contribution in [0.25, 0.3) is 0 Å². The van der Waals surface area contributed by atoms with E-state index in [-0.39, 0.29) is 11.9 Å². The third kappa shape index (κ3) is 5.06. The van der Waals surface area contributed by atoms with Crippen molar-refractivity contribution in [3.63, 3.8) is 0 Å². The molecular formula is C25H24ClN3O2. The Bertz CT molecular complexity index is 1080. The zero-order valence-corrected chi connectivity index (χ0v) is 18.1. The van der Waals surface area contributed by atoms with Gasteiger partial charge in [-0.25, -0.2) is 4.79 Å². The van der Waals surface area contributed by atoms with E-state index in [1.165, 1.54) is 0 Å². The van der Waals surface area contributed by atoms with E-state index < -0.39 is 0 Å². The molecule has 1 aliphatic heterocycles. The molecule has 0 unspecified atom stereocenters. The molecule has 1 heterocycles. The SMILES string of the molecule is Cc1ccc(NC(=O)c2cccc(N3CCCN(Cc4ccc(Cl)cc4)C3=O)c2)cc1. The normalized spacial score (nSPS) is 13.9. The average molecular weight is 434 g/mol. The number of anilines is 2. The fourth-order valence-electron chi connectivity index (χ4n) is 3.63. The molecule has 1 N–H and O–H groups in total. The number of urea groups is 1. The van der Waals surface area contributed by atoms with Gasteiger partial charge in [0.1, 0.15) is 0 Å². The van der Waals surface area contributed by atoms with Crippen LogP contribution in [0, 0.1) is 6.92 Å². The minimum atomic E-state index is -0.201. The van der Waals surface area contributed by atoms with Crippen molar-refractivity contribution in [1.82, 2.24) is 4.90 Å². The van der Waals surface area contributed by atoms with Gasteiger partial charge in [-0.1, -0.05) is 47.5 Å². The number of rotatable bonds is 5. The number of carbonyl (C=O) groups excluding carboxylic acids is 2. The van der Waals surface area contributed by atoms with Gasteiger partial charge in [-0.3, -0.25) is 9.69 Å². The van der Waals surface area contributed by atoms with E-state index in [4.69, 9.17) is 11.6 Å². The van der Waals surface area contributed by atoms with Crippen LogP contribution in [0.15, 0.2) is 72.8 Å². The zero-order valence-electron chi connectivity index (χ0n) is 17.3.